The summed E-state index contributed by atoms with van der Waals surface area (Å²) < 4.78 is 10.2. The quantitative estimate of drug-likeness (QED) is 0.736. The van der Waals surface area contributed by atoms with E-state index in [0.29, 0.717) is 11.3 Å². The Morgan fingerprint density at radius 3 is 2.25 bits per heavy atom. The van der Waals surface area contributed by atoms with Crippen molar-refractivity contribution in [1.29, 1.82) is 0 Å². The van der Waals surface area contributed by atoms with Crippen molar-refractivity contribution >= 4 is 11.9 Å². The van der Waals surface area contributed by atoms with Crippen molar-refractivity contribution in [3.8, 4) is 5.75 Å². The molecule has 0 heterocycles. The molecule has 1 rings (SSSR count). The van der Waals surface area contributed by atoms with Crippen LogP contribution in [-0.2, 0) is 9.53 Å². The van der Waals surface area contributed by atoms with E-state index in [4.69, 9.17) is 4.74 Å². The standard InChI is InChI=1S/C18H27NO5/c1-13(2)24-15-8-6-14(7-9-15)17(22)19(18(3,4)12-20)11-10-16(21)23-5/h6-9,13,20H,10-12H2,1-5H3. The van der Waals surface area contributed by atoms with Gasteiger partial charge in [-0.3, -0.25) is 9.59 Å². The fourth-order valence-corrected chi connectivity index (χ4v) is 2.17. The van der Waals surface area contributed by atoms with Gasteiger partial charge in [-0.05, 0) is 52.0 Å². The Balaban J connectivity index is 2.96. The van der Waals surface area contributed by atoms with Crippen LogP contribution in [0.4, 0.5) is 0 Å². The van der Waals surface area contributed by atoms with Gasteiger partial charge in [0.05, 0.1) is 31.8 Å². The molecule has 0 atom stereocenters. The van der Waals surface area contributed by atoms with Crippen molar-refractivity contribution in [2.75, 3.05) is 20.3 Å². The number of ether oxygens (including phenoxy) is 2. The molecule has 0 spiro atoms. The number of carbonyl (C=O) groups is 2. The van der Waals surface area contributed by atoms with Gasteiger partial charge in [0.1, 0.15) is 5.75 Å². The Morgan fingerprint density at radius 1 is 1.21 bits per heavy atom. The largest absolute Gasteiger partial charge is 0.491 e. The predicted octanol–water partition coefficient (Wildman–Crippen LogP) is 2.25. The van der Waals surface area contributed by atoms with E-state index in [1.807, 2.05) is 13.8 Å². The predicted molar refractivity (Wildman–Crippen MR) is 91.0 cm³/mol. The Kier molecular flexibility index (Phi) is 7.22. The molecule has 0 bridgehead atoms. The summed E-state index contributed by atoms with van der Waals surface area (Å²) in [5, 5.41) is 9.60. The molecule has 1 amide bonds. The first kappa shape index (κ1) is 20.0. The summed E-state index contributed by atoms with van der Waals surface area (Å²) in [6.07, 6.45) is 0.122. The number of amides is 1. The molecule has 0 saturated heterocycles. The average Bonchev–Trinajstić information content (AvgIpc) is 2.54. The molecule has 0 aliphatic carbocycles. The van der Waals surface area contributed by atoms with Gasteiger partial charge in [-0.25, -0.2) is 0 Å². The number of nitrogens with zero attached hydrogens (tertiary/aromatic N) is 1. The van der Waals surface area contributed by atoms with Gasteiger partial charge in [0, 0.05) is 12.1 Å². The number of carbonyl (C=O) groups excluding carboxylic acids is 2. The Bertz CT molecular complexity index is 551. The summed E-state index contributed by atoms with van der Waals surface area (Å²) in [5.41, 5.74) is -0.324. The lowest BCUT2D eigenvalue weighted by Crippen LogP contribution is -2.51. The molecule has 24 heavy (non-hydrogen) atoms. The first-order valence-electron chi connectivity index (χ1n) is 7.97. The molecule has 1 aromatic rings. The molecule has 0 saturated carbocycles. The molecule has 1 N–H and O–H groups in total. The second-order valence-corrected chi connectivity index (χ2v) is 6.44. The minimum Gasteiger partial charge on any atom is -0.491 e. The molecular formula is C18H27NO5. The lowest BCUT2D eigenvalue weighted by Gasteiger charge is -2.37. The molecule has 0 aliphatic heterocycles. The number of aliphatic hydroxyl groups excluding tert-OH is 1. The molecule has 134 valence electrons. The van der Waals surface area contributed by atoms with Crippen LogP contribution in [-0.4, -0.2) is 53.8 Å². The van der Waals surface area contributed by atoms with Gasteiger partial charge in [0.25, 0.3) is 5.91 Å². The highest BCUT2D eigenvalue weighted by molar-refractivity contribution is 5.95. The molecular weight excluding hydrogens is 310 g/mol. The number of hydrogen-bond acceptors (Lipinski definition) is 5. The van der Waals surface area contributed by atoms with E-state index in [1.165, 1.54) is 12.0 Å². The fourth-order valence-electron chi connectivity index (χ4n) is 2.17. The highest BCUT2D eigenvalue weighted by Crippen LogP contribution is 2.20. The van der Waals surface area contributed by atoms with Crippen LogP contribution in [0.5, 0.6) is 5.75 Å². The van der Waals surface area contributed by atoms with Gasteiger partial charge in [-0.2, -0.15) is 0 Å². The summed E-state index contributed by atoms with van der Waals surface area (Å²) in [7, 11) is 1.30. The van der Waals surface area contributed by atoms with E-state index in [2.05, 4.69) is 4.74 Å². The summed E-state index contributed by atoms with van der Waals surface area (Å²) in [5.74, 6) is 0.0281. The van der Waals surface area contributed by atoms with Crippen LogP contribution in [0.1, 0.15) is 44.5 Å². The van der Waals surface area contributed by atoms with Crippen LogP contribution in [0.3, 0.4) is 0 Å². The third kappa shape index (κ3) is 5.53. The zero-order valence-electron chi connectivity index (χ0n) is 15.0. The molecule has 0 radical (unpaired) electrons. The van der Waals surface area contributed by atoms with Crippen LogP contribution in [0.25, 0.3) is 0 Å². The summed E-state index contributed by atoms with van der Waals surface area (Å²) >= 11 is 0. The summed E-state index contributed by atoms with van der Waals surface area (Å²) in [6, 6.07) is 6.83. The minimum atomic E-state index is -0.793. The number of aliphatic hydroxyl groups is 1. The molecule has 0 aromatic heterocycles. The van der Waals surface area contributed by atoms with E-state index in [0.717, 1.165) is 0 Å². The Hall–Kier alpha value is -2.08. The molecule has 0 aliphatic rings. The van der Waals surface area contributed by atoms with Gasteiger partial charge in [-0.15, -0.1) is 0 Å². The number of esters is 1. The molecule has 0 fully saturated rings. The van der Waals surface area contributed by atoms with Gasteiger partial charge in [0.15, 0.2) is 0 Å². The van der Waals surface area contributed by atoms with Gasteiger partial charge >= 0.3 is 5.97 Å². The zero-order chi connectivity index (χ0) is 18.3. The second kappa shape index (κ2) is 8.68. The Labute approximate surface area is 143 Å². The number of methoxy groups -OCH3 is 1. The van der Waals surface area contributed by atoms with Crippen LogP contribution >= 0.6 is 0 Å². The molecule has 6 nitrogen and oxygen atoms in total. The topological polar surface area (TPSA) is 76.1 Å². The summed E-state index contributed by atoms with van der Waals surface area (Å²) in [6.45, 7) is 7.31. The van der Waals surface area contributed by atoms with Crippen LogP contribution in [0, 0.1) is 0 Å². The average molecular weight is 337 g/mol. The van der Waals surface area contributed by atoms with Crippen molar-refractivity contribution < 1.29 is 24.2 Å². The van der Waals surface area contributed by atoms with Gasteiger partial charge in [0.2, 0.25) is 0 Å². The maximum Gasteiger partial charge on any atom is 0.307 e. The third-order valence-electron chi connectivity index (χ3n) is 3.60. The lowest BCUT2D eigenvalue weighted by atomic mass is 10.0. The van der Waals surface area contributed by atoms with Crippen LogP contribution < -0.4 is 4.74 Å². The molecule has 6 heteroatoms. The highest BCUT2D eigenvalue weighted by Gasteiger charge is 2.31. The van der Waals surface area contributed by atoms with E-state index >= 15 is 0 Å². The maximum absolute atomic E-state index is 12.8. The smallest absolute Gasteiger partial charge is 0.307 e. The third-order valence-corrected chi connectivity index (χ3v) is 3.60. The number of hydrogen-bond donors (Lipinski definition) is 1. The van der Waals surface area contributed by atoms with E-state index in [1.54, 1.807) is 38.1 Å². The fraction of sp³-hybridized carbons (Fsp3) is 0.556. The highest BCUT2D eigenvalue weighted by atomic mass is 16.5. The monoisotopic (exact) mass is 337 g/mol. The SMILES string of the molecule is COC(=O)CCN(C(=O)c1ccc(OC(C)C)cc1)C(C)(C)CO. The molecule has 0 unspecified atom stereocenters. The number of benzene rings is 1. The van der Waals surface area contributed by atoms with E-state index in [-0.39, 0.29) is 31.6 Å². The maximum atomic E-state index is 12.8. The van der Waals surface area contributed by atoms with Crippen molar-refractivity contribution in [2.45, 2.75) is 45.8 Å². The Morgan fingerprint density at radius 2 is 1.79 bits per heavy atom. The van der Waals surface area contributed by atoms with Crippen LogP contribution in [0.2, 0.25) is 0 Å². The van der Waals surface area contributed by atoms with Crippen molar-refractivity contribution in [1.82, 2.24) is 4.90 Å². The van der Waals surface area contributed by atoms with Crippen molar-refractivity contribution in [3.05, 3.63) is 29.8 Å². The van der Waals surface area contributed by atoms with E-state index < -0.39 is 11.5 Å². The minimum absolute atomic E-state index is 0.0522. The number of rotatable bonds is 8. The lowest BCUT2D eigenvalue weighted by molar-refractivity contribution is -0.141. The zero-order valence-corrected chi connectivity index (χ0v) is 15.0. The van der Waals surface area contributed by atoms with Gasteiger partial charge in [-0.1, -0.05) is 0 Å². The summed E-state index contributed by atoms with van der Waals surface area (Å²) in [4.78, 5) is 25.7. The van der Waals surface area contributed by atoms with Crippen LogP contribution in [0.15, 0.2) is 24.3 Å². The first-order valence-corrected chi connectivity index (χ1v) is 7.97. The normalized spacial score (nSPS) is 11.3. The van der Waals surface area contributed by atoms with Crippen molar-refractivity contribution in [3.63, 3.8) is 0 Å². The van der Waals surface area contributed by atoms with Gasteiger partial charge < -0.3 is 19.5 Å². The van der Waals surface area contributed by atoms with E-state index in [9.17, 15) is 14.7 Å². The first-order chi connectivity index (χ1) is 11.2. The second-order valence-electron chi connectivity index (χ2n) is 6.44. The molecule has 1 aromatic carbocycles. The van der Waals surface area contributed by atoms with Crippen molar-refractivity contribution in [2.24, 2.45) is 0 Å².